The molecular weight excluding hydrogens is 346 g/mol. The Morgan fingerprint density at radius 1 is 1.24 bits per heavy atom. The number of hydrogen-bond acceptors (Lipinski definition) is 7. The lowest BCUT2D eigenvalue weighted by atomic mass is 10.2. The molecule has 1 aromatic heterocycles. The van der Waals surface area contributed by atoms with E-state index in [4.69, 9.17) is 14.6 Å². The second kappa shape index (κ2) is 8.78. The highest BCUT2D eigenvalue weighted by atomic mass is 32.1. The van der Waals surface area contributed by atoms with E-state index in [1.807, 2.05) is 0 Å². The lowest BCUT2D eigenvalue weighted by molar-refractivity contribution is -0.137. The zero-order chi connectivity index (χ0) is 18.2. The molecule has 8 nitrogen and oxygen atoms in total. The van der Waals surface area contributed by atoms with Gasteiger partial charge in [-0.25, -0.2) is 0 Å². The van der Waals surface area contributed by atoms with E-state index in [9.17, 15) is 9.59 Å². The molecule has 2 rings (SSSR count). The molecule has 0 unspecified atom stereocenters. The molecule has 0 spiro atoms. The molecule has 1 amide bonds. The van der Waals surface area contributed by atoms with Crippen LogP contribution in [0.2, 0.25) is 0 Å². The van der Waals surface area contributed by atoms with Crippen LogP contribution in [0, 0.1) is 0 Å². The van der Waals surface area contributed by atoms with Crippen LogP contribution in [-0.2, 0) is 16.0 Å². The SMILES string of the molecule is COc1ccc(/C=C/C(=O)Nc2nnc(CCC(=O)O)s2)cc1OC. The first kappa shape index (κ1) is 18.4. The van der Waals surface area contributed by atoms with Crippen LogP contribution in [0.5, 0.6) is 11.5 Å². The minimum absolute atomic E-state index is 0.0260. The maximum absolute atomic E-state index is 11.9. The molecule has 2 aromatic rings. The van der Waals surface area contributed by atoms with Crippen LogP contribution in [0.4, 0.5) is 5.13 Å². The Morgan fingerprint density at radius 2 is 2.00 bits per heavy atom. The van der Waals surface area contributed by atoms with Gasteiger partial charge in [0.05, 0.1) is 20.6 Å². The Kier molecular flexibility index (Phi) is 6.47. The number of nitrogens with zero attached hydrogens (tertiary/aromatic N) is 2. The maximum Gasteiger partial charge on any atom is 0.303 e. The molecule has 0 aliphatic heterocycles. The van der Waals surface area contributed by atoms with Crippen molar-refractivity contribution in [2.45, 2.75) is 12.8 Å². The van der Waals surface area contributed by atoms with Gasteiger partial charge in [0.1, 0.15) is 5.01 Å². The van der Waals surface area contributed by atoms with Gasteiger partial charge in [0, 0.05) is 12.5 Å². The normalized spacial score (nSPS) is 10.6. The van der Waals surface area contributed by atoms with Crippen molar-refractivity contribution >= 4 is 34.4 Å². The third kappa shape index (κ3) is 5.57. The fraction of sp³-hybridized carbons (Fsp3) is 0.250. The van der Waals surface area contributed by atoms with Gasteiger partial charge in [-0.1, -0.05) is 17.4 Å². The number of rotatable bonds is 8. The van der Waals surface area contributed by atoms with E-state index in [1.54, 1.807) is 31.4 Å². The smallest absolute Gasteiger partial charge is 0.303 e. The van der Waals surface area contributed by atoms with Gasteiger partial charge in [0.2, 0.25) is 11.0 Å². The van der Waals surface area contributed by atoms with Crippen LogP contribution in [0.3, 0.4) is 0 Å². The number of carboxylic acids is 1. The molecule has 0 saturated carbocycles. The monoisotopic (exact) mass is 363 g/mol. The van der Waals surface area contributed by atoms with E-state index in [1.165, 1.54) is 13.2 Å². The maximum atomic E-state index is 11.9. The molecule has 9 heteroatoms. The van der Waals surface area contributed by atoms with Gasteiger partial charge >= 0.3 is 5.97 Å². The van der Waals surface area contributed by atoms with Crippen molar-refractivity contribution in [1.29, 1.82) is 0 Å². The number of aryl methyl sites for hydroxylation is 1. The van der Waals surface area contributed by atoms with E-state index in [2.05, 4.69) is 15.5 Å². The third-order valence-electron chi connectivity index (χ3n) is 3.08. The third-order valence-corrected chi connectivity index (χ3v) is 3.98. The number of carbonyl (C=O) groups is 2. The fourth-order valence-corrected chi connectivity index (χ4v) is 2.64. The number of carboxylic acid groups (broad SMARTS) is 1. The molecule has 25 heavy (non-hydrogen) atoms. The van der Waals surface area contributed by atoms with E-state index in [0.717, 1.165) is 16.9 Å². The highest BCUT2D eigenvalue weighted by molar-refractivity contribution is 7.15. The second-order valence-corrected chi connectivity index (χ2v) is 5.89. The van der Waals surface area contributed by atoms with Crippen molar-refractivity contribution in [2.24, 2.45) is 0 Å². The molecule has 0 saturated heterocycles. The highest BCUT2D eigenvalue weighted by Crippen LogP contribution is 2.28. The molecule has 0 radical (unpaired) electrons. The van der Waals surface area contributed by atoms with Gasteiger partial charge in [-0.2, -0.15) is 0 Å². The van der Waals surface area contributed by atoms with Gasteiger partial charge in [0.15, 0.2) is 11.5 Å². The number of aliphatic carboxylic acids is 1. The number of nitrogens with one attached hydrogen (secondary N) is 1. The summed E-state index contributed by atoms with van der Waals surface area (Å²) in [5.74, 6) is -0.0986. The highest BCUT2D eigenvalue weighted by Gasteiger charge is 2.08. The van der Waals surface area contributed by atoms with Crippen molar-refractivity contribution in [3.8, 4) is 11.5 Å². The zero-order valence-corrected chi connectivity index (χ0v) is 14.5. The van der Waals surface area contributed by atoms with Crippen molar-refractivity contribution in [3.05, 3.63) is 34.8 Å². The van der Waals surface area contributed by atoms with E-state index in [-0.39, 0.29) is 18.7 Å². The van der Waals surface area contributed by atoms with E-state index >= 15 is 0 Å². The van der Waals surface area contributed by atoms with Gasteiger partial charge in [-0.15, -0.1) is 10.2 Å². The van der Waals surface area contributed by atoms with Gasteiger partial charge < -0.3 is 14.6 Å². The fourth-order valence-electron chi connectivity index (χ4n) is 1.89. The molecule has 2 N–H and O–H groups in total. The number of anilines is 1. The van der Waals surface area contributed by atoms with Crippen LogP contribution < -0.4 is 14.8 Å². The number of aromatic nitrogens is 2. The van der Waals surface area contributed by atoms with Crippen molar-refractivity contribution < 1.29 is 24.2 Å². The quantitative estimate of drug-likeness (QED) is 0.692. The molecule has 0 bridgehead atoms. The van der Waals surface area contributed by atoms with Gasteiger partial charge in [0.25, 0.3) is 0 Å². The van der Waals surface area contributed by atoms with E-state index in [0.29, 0.717) is 21.6 Å². The lowest BCUT2D eigenvalue weighted by Gasteiger charge is -2.07. The van der Waals surface area contributed by atoms with Crippen LogP contribution in [-0.4, -0.2) is 41.4 Å². The predicted molar refractivity (Wildman–Crippen MR) is 93.1 cm³/mol. The first-order valence-electron chi connectivity index (χ1n) is 7.27. The number of methoxy groups -OCH3 is 2. The number of hydrogen-bond donors (Lipinski definition) is 2. The Labute approximate surface area is 148 Å². The molecule has 0 aliphatic rings. The summed E-state index contributed by atoms with van der Waals surface area (Å²) in [6, 6.07) is 5.29. The number of amides is 1. The van der Waals surface area contributed by atoms with Crippen LogP contribution in [0.15, 0.2) is 24.3 Å². The minimum Gasteiger partial charge on any atom is -0.493 e. The van der Waals surface area contributed by atoms with E-state index < -0.39 is 5.97 Å². The predicted octanol–water partition coefficient (Wildman–Crippen LogP) is 2.22. The van der Waals surface area contributed by atoms with Crippen molar-refractivity contribution in [3.63, 3.8) is 0 Å². The lowest BCUT2D eigenvalue weighted by Crippen LogP contribution is -2.07. The van der Waals surface area contributed by atoms with Gasteiger partial charge in [-0.3, -0.25) is 14.9 Å². The summed E-state index contributed by atoms with van der Waals surface area (Å²) in [7, 11) is 3.09. The molecule has 0 aliphatic carbocycles. The minimum atomic E-state index is -0.904. The van der Waals surface area contributed by atoms with Gasteiger partial charge in [-0.05, 0) is 23.8 Å². The number of carbonyl (C=O) groups excluding carboxylic acids is 1. The summed E-state index contributed by atoms with van der Waals surface area (Å²) in [5, 5.41) is 19.8. The molecule has 1 aromatic carbocycles. The van der Waals surface area contributed by atoms with Crippen LogP contribution in [0.1, 0.15) is 17.0 Å². The van der Waals surface area contributed by atoms with Crippen LogP contribution in [0.25, 0.3) is 6.08 Å². The summed E-state index contributed by atoms with van der Waals surface area (Å²) in [4.78, 5) is 22.5. The topological polar surface area (TPSA) is 111 Å². The second-order valence-electron chi connectivity index (χ2n) is 4.83. The average Bonchev–Trinajstić information content (AvgIpc) is 3.05. The largest absolute Gasteiger partial charge is 0.493 e. The Balaban J connectivity index is 1.95. The summed E-state index contributed by atoms with van der Waals surface area (Å²) in [5.41, 5.74) is 0.771. The standard InChI is InChI=1S/C16H17N3O5S/c1-23-11-5-3-10(9-12(11)24-2)4-6-13(20)17-16-19-18-14(25-16)7-8-15(21)22/h3-6,9H,7-8H2,1-2H3,(H,21,22)(H,17,19,20)/b6-4+. The summed E-state index contributed by atoms with van der Waals surface area (Å²) >= 11 is 1.15. The zero-order valence-electron chi connectivity index (χ0n) is 13.7. The molecule has 132 valence electrons. The Bertz CT molecular complexity index is 788. The van der Waals surface area contributed by atoms with Crippen molar-refractivity contribution in [1.82, 2.24) is 10.2 Å². The number of benzene rings is 1. The summed E-state index contributed by atoms with van der Waals surface area (Å²) < 4.78 is 10.4. The van der Waals surface area contributed by atoms with Crippen molar-refractivity contribution in [2.75, 3.05) is 19.5 Å². The Hall–Kier alpha value is -2.94. The molecule has 0 fully saturated rings. The van der Waals surface area contributed by atoms with Crippen LogP contribution >= 0.6 is 11.3 Å². The molecule has 0 atom stereocenters. The first-order chi connectivity index (χ1) is 12.0. The summed E-state index contributed by atoms with van der Waals surface area (Å²) in [6.45, 7) is 0. The molecule has 1 heterocycles. The Morgan fingerprint density at radius 3 is 2.68 bits per heavy atom. The average molecular weight is 363 g/mol. The number of ether oxygens (including phenoxy) is 2. The summed E-state index contributed by atoms with van der Waals surface area (Å²) in [6.07, 6.45) is 3.25. The molecular formula is C16H17N3O5S. The first-order valence-corrected chi connectivity index (χ1v) is 8.08.